The highest BCUT2D eigenvalue weighted by Gasteiger charge is 2.21. The number of para-hydroxylation sites is 1. The number of rotatable bonds is 6. The monoisotopic (exact) mass is 381 g/mol. The van der Waals surface area contributed by atoms with Crippen LogP contribution in [0.3, 0.4) is 0 Å². The first-order valence-electron chi connectivity index (χ1n) is 9.74. The predicted molar refractivity (Wildman–Crippen MR) is 107 cm³/mol. The average Bonchev–Trinajstić information content (AvgIpc) is 3.36. The maximum absolute atomic E-state index is 14.8. The number of halogens is 1. The third-order valence-electron chi connectivity index (χ3n) is 5.35. The van der Waals surface area contributed by atoms with Gasteiger partial charge in [0.25, 0.3) is 0 Å². The topological polar surface area (TPSA) is 73.9 Å². The maximum atomic E-state index is 14.8. The number of nitrogens with one attached hydrogen (secondary N) is 2. The second-order valence-corrected chi connectivity index (χ2v) is 7.41. The van der Waals surface area contributed by atoms with Crippen LogP contribution in [0, 0.1) is 11.7 Å². The average molecular weight is 381 g/mol. The van der Waals surface area contributed by atoms with Crippen LogP contribution in [-0.4, -0.2) is 45.6 Å². The number of H-pyrrole nitrogens is 1. The molecule has 28 heavy (non-hydrogen) atoms. The van der Waals surface area contributed by atoms with Crippen LogP contribution in [0.1, 0.15) is 26.2 Å². The van der Waals surface area contributed by atoms with Gasteiger partial charge in [0.15, 0.2) is 11.6 Å². The molecule has 1 aliphatic heterocycles. The molecule has 1 atom stereocenters. The van der Waals surface area contributed by atoms with Crippen LogP contribution < -0.4 is 5.32 Å². The number of carbonyl (C=O) groups excluding carboxylic acids is 1. The van der Waals surface area contributed by atoms with Gasteiger partial charge in [-0.3, -0.25) is 14.9 Å². The number of anilines is 1. The van der Waals surface area contributed by atoms with E-state index in [4.69, 9.17) is 0 Å². The Morgan fingerprint density at radius 3 is 2.93 bits per heavy atom. The Morgan fingerprint density at radius 1 is 1.32 bits per heavy atom. The number of amides is 1. The summed E-state index contributed by atoms with van der Waals surface area (Å²) < 4.78 is 14.8. The number of hydrogen-bond acceptors (Lipinski definition) is 4. The van der Waals surface area contributed by atoms with Gasteiger partial charge in [0.1, 0.15) is 5.69 Å². The first kappa shape index (κ1) is 18.6. The van der Waals surface area contributed by atoms with Gasteiger partial charge in [-0.15, -0.1) is 0 Å². The summed E-state index contributed by atoms with van der Waals surface area (Å²) in [5, 5.41) is 10.2. The Bertz CT molecular complexity index is 980. The highest BCUT2D eigenvalue weighted by molar-refractivity contribution is 5.92. The van der Waals surface area contributed by atoms with Crippen molar-refractivity contribution < 1.29 is 9.18 Å². The summed E-state index contributed by atoms with van der Waals surface area (Å²) in [7, 11) is 0. The molecule has 1 aliphatic rings. The molecule has 2 aromatic heterocycles. The van der Waals surface area contributed by atoms with Gasteiger partial charge in [-0.05, 0) is 51.0 Å². The zero-order chi connectivity index (χ0) is 19.5. The van der Waals surface area contributed by atoms with Gasteiger partial charge < -0.3 is 10.2 Å². The van der Waals surface area contributed by atoms with E-state index in [1.807, 2.05) is 37.3 Å². The molecule has 0 saturated carbocycles. The quantitative estimate of drug-likeness (QED) is 0.681. The number of likely N-dealkylation sites (tertiary alicyclic amines) is 1. The molecule has 0 aliphatic carbocycles. The summed E-state index contributed by atoms with van der Waals surface area (Å²) in [6.07, 6.45) is 4.81. The number of carbonyl (C=O) groups is 1. The molecule has 1 unspecified atom stereocenters. The van der Waals surface area contributed by atoms with E-state index in [-0.39, 0.29) is 23.3 Å². The number of benzene rings is 1. The summed E-state index contributed by atoms with van der Waals surface area (Å²) >= 11 is 0. The lowest BCUT2D eigenvalue weighted by Crippen LogP contribution is -2.27. The molecule has 1 saturated heterocycles. The largest absolute Gasteiger partial charge is 0.307 e. The van der Waals surface area contributed by atoms with E-state index in [0.29, 0.717) is 5.56 Å². The molecule has 0 radical (unpaired) electrons. The molecular weight excluding hydrogens is 357 g/mol. The summed E-state index contributed by atoms with van der Waals surface area (Å²) in [4.78, 5) is 19.1. The van der Waals surface area contributed by atoms with Crippen molar-refractivity contribution in [2.75, 3.05) is 25.0 Å². The third-order valence-corrected chi connectivity index (χ3v) is 5.35. The van der Waals surface area contributed by atoms with Gasteiger partial charge in [0.2, 0.25) is 5.91 Å². The molecule has 3 aromatic rings. The Balaban J connectivity index is 1.44. The molecule has 3 heterocycles. The maximum Gasteiger partial charge on any atom is 0.228 e. The summed E-state index contributed by atoms with van der Waals surface area (Å²) in [6, 6.07) is 9.49. The highest BCUT2D eigenvalue weighted by atomic mass is 19.1. The summed E-state index contributed by atoms with van der Waals surface area (Å²) in [6.45, 7) is 4.97. The fourth-order valence-electron chi connectivity index (χ4n) is 3.56. The molecule has 1 fully saturated rings. The summed E-state index contributed by atoms with van der Waals surface area (Å²) in [5.74, 6) is -1.06. The van der Waals surface area contributed by atoms with Crippen LogP contribution in [-0.2, 0) is 4.79 Å². The van der Waals surface area contributed by atoms with Gasteiger partial charge >= 0.3 is 0 Å². The molecule has 0 bridgehead atoms. The Labute approximate surface area is 163 Å². The molecule has 4 rings (SSSR count). The second-order valence-electron chi connectivity index (χ2n) is 7.41. The lowest BCUT2D eigenvalue weighted by molar-refractivity contribution is -0.119. The fraction of sp³-hybridized carbons (Fsp3) is 0.381. The van der Waals surface area contributed by atoms with Crippen LogP contribution in [0.2, 0.25) is 0 Å². The van der Waals surface area contributed by atoms with Crippen molar-refractivity contribution in [2.24, 2.45) is 5.92 Å². The number of aromatic amines is 1. The molecule has 6 nitrogen and oxygen atoms in total. The molecule has 1 amide bonds. The van der Waals surface area contributed by atoms with E-state index < -0.39 is 5.82 Å². The molecule has 2 N–H and O–H groups in total. The van der Waals surface area contributed by atoms with E-state index in [2.05, 4.69) is 25.4 Å². The van der Waals surface area contributed by atoms with E-state index in [0.717, 1.165) is 37.0 Å². The van der Waals surface area contributed by atoms with Crippen molar-refractivity contribution >= 4 is 22.6 Å². The van der Waals surface area contributed by atoms with E-state index in [1.165, 1.54) is 12.8 Å². The van der Waals surface area contributed by atoms with E-state index in [1.54, 1.807) is 6.20 Å². The number of hydrogen-bond donors (Lipinski definition) is 2. The fourth-order valence-corrected chi connectivity index (χ4v) is 3.56. The molecule has 146 valence electrons. The van der Waals surface area contributed by atoms with Gasteiger partial charge in [-0.25, -0.2) is 4.39 Å². The predicted octanol–water partition coefficient (Wildman–Crippen LogP) is 3.82. The highest BCUT2D eigenvalue weighted by Crippen LogP contribution is 2.27. The zero-order valence-electron chi connectivity index (χ0n) is 15.9. The van der Waals surface area contributed by atoms with Crippen molar-refractivity contribution in [1.29, 1.82) is 0 Å². The smallest absolute Gasteiger partial charge is 0.228 e. The van der Waals surface area contributed by atoms with Crippen LogP contribution in [0.5, 0.6) is 0 Å². The van der Waals surface area contributed by atoms with E-state index in [9.17, 15) is 9.18 Å². The van der Waals surface area contributed by atoms with Crippen LogP contribution >= 0.6 is 0 Å². The molecule has 1 aromatic carbocycles. The minimum Gasteiger partial charge on any atom is -0.307 e. The van der Waals surface area contributed by atoms with Crippen molar-refractivity contribution in [3.8, 4) is 11.3 Å². The van der Waals surface area contributed by atoms with Crippen LogP contribution in [0.15, 0.2) is 36.5 Å². The first-order valence-corrected chi connectivity index (χ1v) is 9.74. The third kappa shape index (κ3) is 3.89. The van der Waals surface area contributed by atoms with Gasteiger partial charge in [-0.1, -0.05) is 25.1 Å². The molecule has 0 spiro atoms. The van der Waals surface area contributed by atoms with Crippen molar-refractivity contribution in [3.63, 3.8) is 0 Å². The van der Waals surface area contributed by atoms with E-state index >= 15 is 0 Å². The van der Waals surface area contributed by atoms with Gasteiger partial charge in [0, 0.05) is 23.1 Å². The Morgan fingerprint density at radius 2 is 2.11 bits per heavy atom. The van der Waals surface area contributed by atoms with Crippen molar-refractivity contribution in [2.45, 2.75) is 26.2 Å². The minimum atomic E-state index is -0.572. The number of aromatic nitrogens is 3. The summed E-state index contributed by atoms with van der Waals surface area (Å²) in [5.41, 5.74) is 1.65. The first-order chi connectivity index (χ1) is 13.6. The van der Waals surface area contributed by atoms with Gasteiger partial charge in [0.05, 0.1) is 5.52 Å². The number of nitrogens with zero attached hydrogens (tertiary/aromatic N) is 3. The Hall–Kier alpha value is -2.80. The van der Waals surface area contributed by atoms with Crippen LogP contribution in [0.25, 0.3) is 22.2 Å². The second kappa shape index (κ2) is 8.06. The molecular formula is C21H24FN5O. The van der Waals surface area contributed by atoms with Crippen LogP contribution in [0.4, 0.5) is 10.2 Å². The van der Waals surface area contributed by atoms with Gasteiger partial charge in [-0.2, -0.15) is 5.10 Å². The molecule has 7 heteroatoms. The normalized spacial score (nSPS) is 15.8. The lowest BCUT2D eigenvalue weighted by atomic mass is 10.1. The number of pyridine rings is 1. The SMILES string of the molecule is CC(CCN1CCCC1)C(=O)Nc1n[nH]c(-c2cnc3ccccc3c2)c1F. The van der Waals surface area contributed by atoms with Crippen molar-refractivity contribution in [3.05, 3.63) is 42.3 Å². The number of fused-ring (bicyclic) bond motifs is 1. The lowest BCUT2D eigenvalue weighted by Gasteiger charge is -2.17. The Kier molecular flexibility index (Phi) is 5.34. The standard InChI is InChI=1S/C21H24FN5O/c1-14(8-11-27-9-4-5-10-27)21(28)24-20-18(22)19(25-26-20)16-12-15-6-2-3-7-17(15)23-13-16/h2-3,6-7,12-14H,4-5,8-11H2,1H3,(H2,24,25,26,28). The minimum absolute atomic E-state index is 0.0684. The zero-order valence-corrected chi connectivity index (χ0v) is 15.9. The van der Waals surface area contributed by atoms with Crippen molar-refractivity contribution in [1.82, 2.24) is 20.1 Å².